The lowest BCUT2D eigenvalue weighted by Gasteiger charge is -2.41. The molecule has 1 N–H and O–H groups in total. The van der Waals surface area contributed by atoms with Gasteiger partial charge < -0.3 is 10.2 Å². The van der Waals surface area contributed by atoms with Crippen molar-refractivity contribution in [2.75, 3.05) is 32.7 Å². The molecule has 0 aromatic heterocycles. The lowest BCUT2D eigenvalue weighted by atomic mass is 9.97. The summed E-state index contributed by atoms with van der Waals surface area (Å²) in [5.41, 5.74) is 1.28. The number of hydrogen-bond donors (Lipinski definition) is 1. The second-order valence-electron chi connectivity index (χ2n) is 9.78. The highest BCUT2D eigenvalue weighted by molar-refractivity contribution is 7.86. The first-order valence-corrected chi connectivity index (χ1v) is 13.5. The molecule has 0 radical (unpaired) electrons. The average molecular weight is 506 g/mol. The maximum atomic E-state index is 13.6. The van der Waals surface area contributed by atoms with Crippen LogP contribution in [-0.2, 0) is 19.8 Å². The third kappa shape index (κ3) is 5.20. The first-order chi connectivity index (χ1) is 16.6. The van der Waals surface area contributed by atoms with E-state index in [4.69, 9.17) is 5.26 Å². The molecule has 35 heavy (non-hydrogen) atoms. The van der Waals surface area contributed by atoms with E-state index in [0.29, 0.717) is 44.3 Å². The van der Waals surface area contributed by atoms with Crippen molar-refractivity contribution in [3.63, 3.8) is 0 Å². The van der Waals surface area contributed by atoms with Crippen molar-refractivity contribution in [2.24, 2.45) is 11.8 Å². The first kappa shape index (κ1) is 25.5. The Morgan fingerprint density at radius 1 is 1.14 bits per heavy atom. The molecule has 190 valence electrons. The Hall–Kier alpha value is -2.55. The Bertz CT molecular complexity index is 1130. The van der Waals surface area contributed by atoms with Crippen LogP contribution in [0.2, 0.25) is 0 Å². The minimum Gasteiger partial charge on any atom is -0.348 e. The topological polar surface area (TPSA) is 114 Å². The van der Waals surface area contributed by atoms with Crippen LogP contribution < -0.4 is 5.32 Å². The highest BCUT2D eigenvalue weighted by atomic mass is 32.2. The van der Waals surface area contributed by atoms with Crippen molar-refractivity contribution in [3.05, 3.63) is 35.1 Å². The molecule has 0 bridgehead atoms. The Kier molecular flexibility index (Phi) is 7.45. The number of carbonyl (C=O) groups is 2. The molecule has 11 heteroatoms. The molecule has 0 unspecified atom stereocenters. The summed E-state index contributed by atoms with van der Waals surface area (Å²) in [5.74, 6) is -1.53. The number of carbonyl (C=O) groups excluding carboxylic acids is 2. The minimum atomic E-state index is -3.70. The maximum absolute atomic E-state index is 13.6. The van der Waals surface area contributed by atoms with Gasteiger partial charge in [-0.05, 0) is 56.7 Å². The van der Waals surface area contributed by atoms with E-state index in [9.17, 15) is 22.4 Å². The molecule has 0 saturated carbocycles. The summed E-state index contributed by atoms with van der Waals surface area (Å²) in [4.78, 5) is 28.1. The van der Waals surface area contributed by atoms with Gasteiger partial charge in [0.05, 0.1) is 23.9 Å². The molecule has 3 heterocycles. The van der Waals surface area contributed by atoms with Crippen LogP contribution in [0.15, 0.2) is 18.2 Å². The van der Waals surface area contributed by atoms with Gasteiger partial charge in [-0.1, -0.05) is 12.1 Å². The number of benzene rings is 1. The Morgan fingerprint density at radius 2 is 1.86 bits per heavy atom. The summed E-state index contributed by atoms with van der Waals surface area (Å²) >= 11 is 0. The third-order valence-electron chi connectivity index (χ3n) is 7.30. The predicted molar refractivity (Wildman–Crippen MR) is 126 cm³/mol. The number of nitrogens with one attached hydrogen (secondary N) is 1. The number of nitrogens with zero attached hydrogens (tertiary/aromatic N) is 4. The van der Waals surface area contributed by atoms with Gasteiger partial charge in [0, 0.05) is 32.7 Å². The number of piperidine rings is 1. The standard InChI is InChI=1S/C24H32FN5O4S/c1-16-11-19(7-8-21(16)25)17(2)27-23(31)22-6-4-10-30(22)24(32)20-5-3-9-28(15-20)35(33,34)29-13-18(12-26)14-29/h7-8,11,17-18,20,22H,3-6,9-10,13-15H2,1-2H3,(H,27,31)/t17-,20-,22+/m0/s1. The van der Waals surface area contributed by atoms with Crippen LogP contribution in [0.25, 0.3) is 0 Å². The molecule has 2 amide bonds. The van der Waals surface area contributed by atoms with Crippen molar-refractivity contribution in [2.45, 2.75) is 51.6 Å². The fourth-order valence-corrected chi connectivity index (χ4v) is 6.88. The van der Waals surface area contributed by atoms with Gasteiger partial charge in [-0.15, -0.1) is 0 Å². The summed E-state index contributed by atoms with van der Waals surface area (Å²) in [6.07, 6.45) is 2.38. The van der Waals surface area contributed by atoms with Gasteiger partial charge in [0.15, 0.2) is 0 Å². The summed E-state index contributed by atoms with van der Waals surface area (Å²) in [5, 5.41) is 11.9. The molecule has 3 atom stereocenters. The van der Waals surface area contributed by atoms with Gasteiger partial charge in [0.25, 0.3) is 10.2 Å². The van der Waals surface area contributed by atoms with E-state index in [1.165, 1.54) is 14.7 Å². The molecular weight excluding hydrogens is 473 g/mol. The third-order valence-corrected chi connectivity index (χ3v) is 9.23. The SMILES string of the molecule is Cc1cc([C@H](C)NC(=O)[C@H]2CCCN2C(=O)[C@H]2CCCN(S(=O)(=O)N3CC(C#N)C3)C2)ccc1F. The largest absolute Gasteiger partial charge is 0.348 e. The number of nitriles is 1. The zero-order valence-corrected chi connectivity index (χ0v) is 20.9. The van der Waals surface area contributed by atoms with Crippen molar-refractivity contribution in [1.29, 1.82) is 5.26 Å². The van der Waals surface area contributed by atoms with Gasteiger partial charge in [-0.2, -0.15) is 22.3 Å². The van der Waals surface area contributed by atoms with Crippen LogP contribution in [0.3, 0.4) is 0 Å². The van der Waals surface area contributed by atoms with E-state index in [1.54, 1.807) is 24.0 Å². The number of rotatable bonds is 6. The Balaban J connectivity index is 1.39. The number of aryl methyl sites for hydroxylation is 1. The van der Waals surface area contributed by atoms with Gasteiger partial charge in [-0.3, -0.25) is 9.59 Å². The minimum absolute atomic E-state index is 0.0883. The number of amides is 2. The van der Waals surface area contributed by atoms with E-state index in [2.05, 4.69) is 11.4 Å². The normalized spacial score (nSPS) is 25.0. The van der Waals surface area contributed by atoms with Gasteiger partial charge >= 0.3 is 0 Å². The summed E-state index contributed by atoms with van der Waals surface area (Å²) in [6, 6.07) is 5.84. The summed E-state index contributed by atoms with van der Waals surface area (Å²) in [6.45, 7) is 4.76. The molecule has 4 rings (SSSR count). The van der Waals surface area contributed by atoms with Crippen LogP contribution in [0.4, 0.5) is 4.39 Å². The van der Waals surface area contributed by atoms with E-state index >= 15 is 0 Å². The van der Waals surface area contributed by atoms with E-state index < -0.39 is 22.2 Å². The van der Waals surface area contributed by atoms with Crippen LogP contribution in [-0.4, -0.2) is 72.5 Å². The quantitative estimate of drug-likeness (QED) is 0.632. The maximum Gasteiger partial charge on any atom is 0.282 e. The second-order valence-corrected chi connectivity index (χ2v) is 11.7. The van der Waals surface area contributed by atoms with E-state index in [-0.39, 0.29) is 49.2 Å². The molecule has 1 aromatic carbocycles. The highest BCUT2D eigenvalue weighted by Gasteiger charge is 2.44. The number of halogens is 1. The lowest BCUT2D eigenvalue weighted by molar-refractivity contribution is -0.142. The molecule has 3 aliphatic rings. The fourth-order valence-electron chi connectivity index (χ4n) is 5.09. The van der Waals surface area contributed by atoms with Crippen LogP contribution in [0.5, 0.6) is 0 Å². The first-order valence-electron chi connectivity index (χ1n) is 12.1. The smallest absolute Gasteiger partial charge is 0.282 e. The zero-order valence-electron chi connectivity index (χ0n) is 20.1. The Labute approximate surface area is 206 Å². The predicted octanol–water partition coefficient (Wildman–Crippen LogP) is 1.71. The van der Waals surface area contributed by atoms with Gasteiger partial charge in [0.2, 0.25) is 11.8 Å². The summed E-state index contributed by atoms with van der Waals surface area (Å²) in [7, 11) is -3.70. The molecular formula is C24H32FN5O4S. The molecule has 3 saturated heterocycles. The zero-order chi connectivity index (χ0) is 25.3. The number of hydrogen-bond acceptors (Lipinski definition) is 5. The van der Waals surface area contributed by atoms with Crippen LogP contribution in [0.1, 0.15) is 49.8 Å². The van der Waals surface area contributed by atoms with E-state index in [1.807, 2.05) is 6.92 Å². The van der Waals surface area contributed by atoms with Gasteiger partial charge in [0.1, 0.15) is 11.9 Å². The van der Waals surface area contributed by atoms with Crippen molar-refractivity contribution in [3.8, 4) is 6.07 Å². The summed E-state index contributed by atoms with van der Waals surface area (Å²) < 4.78 is 42.1. The fraction of sp³-hybridized carbons (Fsp3) is 0.625. The van der Waals surface area contributed by atoms with Crippen LogP contribution >= 0.6 is 0 Å². The number of likely N-dealkylation sites (tertiary alicyclic amines) is 1. The van der Waals surface area contributed by atoms with E-state index in [0.717, 1.165) is 5.56 Å². The van der Waals surface area contributed by atoms with Crippen molar-refractivity contribution in [1.82, 2.24) is 18.8 Å². The molecule has 3 fully saturated rings. The molecule has 3 aliphatic heterocycles. The molecule has 0 aliphatic carbocycles. The van der Waals surface area contributed by atoms with Crippen molar-refractivity contribution >= 4 is 22.0 Å². The Morgan fingerprint density at radius 3 is 2.54 bits per heavy atom. The van der Waals surface area contributed by atoms with Crippen LogP contribution in [0, 0.1) is 35.9 Å². The highest BCUT2D eigenvalue weighted by Crippen LogP contribution is 2.29. The van der Waals surface area contributed by atoms with Gasteiger partial charge in [-0.25, -0.2) is 4.39 Å². The average Bonchev–Trinajstić information content (AvgIpc) is 3.29. The molecule has 0 spiro atoms. The monoisotopic (exact) mass is 505 g/mol. The lowest BCUT2D eigenvalue weighted by Crippen LogP contribution is -2.57. The molecule has 1 aromatic rings. The molecule has 9 nitrogen and oxygen atoms in total. The second kappa shape index (κ2) is 10.2. The van der Waals surface area contributed by atoms with Crippen molar-refractivity contribution < 1.29 is 22.4 Å².